The Hall–Kier alpha value is -0.570. The highest BCUT2D eigenvalue weighted by atomic mass is 16.5. The lowest BCUT2D eigenvalue weighted by Crippen LogP contribution is -2.46. The van der Waals surface area contributed by atoms with E-state index in [9.17, 15) is 4.79 Å². The molecule has 94 valence electrons. The van der Waals surface area contributed by atoms with Crippen LogP contribution in [-0.4, -0.2) is 24.2 Å². The molecule has 0 aromatic carbocycles. The van der Waals surface area contributed by atoms with Gasteiger partial charge < -0.3 is 10.1 Å². The molecule has 0 bridgehead atoms. The van der Waals surface area contributed by atoms with E-state index in [1.54, 1.807) is 0 Å². The Bertz CT molecular complexity index is 218. The van der Waals surface area contributed by atoms with Crippen LogP contribution in [-0.2, 0) is 9.53 Å². The number of carbonyl (C=O) groups excluding carboxylic acids is 1. The third-order valence-electron chi connectivity index (χ3n) is 3.75. The van der Waals surface area contributed by atoms with E-state index in [-0.39, 0.29) is 18.1 Å². The number of nitrogens with one attached hydrogen (secondary N) is 1. The standard InChI is InChI=1S/C13H25NO2/c1-4-13(3,5-2)14-12(15)10-16-11-8-6-7-9-11/h11H,4-10H2,1-3H3,(H,14,15). The first-order valence-electron chi connectivity index (χ1n) is 6.52. The first-order chi connectivity index (χ1) is 7.59. The molecule has 1 N–H and O–H groups in total. The van der Waals surface area contributed by atoms with Crippen LogP contribution in [0.15, 0.2) is 0 Å². The number of hydrogen-bond acceptors (Lipinski definition) is 2. The lowest BCUT2D eigenvalue weighted by Gasteiger charge is -2.28. The quantitative estimate of drug-likeness (QED) is 0.757. The van der Waals surface area contributed by atoms with E-state index in [4.69, 9.17) is 4.74 Å². The first-order valence-corrected chi connectivity index (χ1v) is 6.52. The van der Waals surface area contributed by atoms with E-state index in [0.29, 0.717) is 6.10 Å². The Balaban J connectivity index is 2.24. The molecule has 0 unspecified atom stereocenters. The van der Waals surface area contributed by atoms with Crippen molar-refractivity contribution < 1.29 is 9.53 Å². The average Bonchev–Trinajstić information content (AvgIpc) is 2.79. The molecular weight excluding hydrogens is 202 g/mol. The van der Waals surface area contributed by atoms with Crippen LogP contribution < -0.4 is 5.32 Å². The van der Waals surface area contributed by atoms with Crippen LogP contribution >= 0.6 is 0 Å². The average molecular weight is 227 g/mol. The number of carbonyl (C=O) groups is 1. The minimum Gasteiger partial charge on any atom is -0.368 e. The maximum atomic E-state index is 11.7. The Labute approximate surface area is 98.9 Å². The Morgan fingerprint density at radius 3 is 2.38 bits per heavy atom. The van der Waals surface area contributed by atoms with E-state index >= 15 is 0 Å². The van der Waals surface area contributed by atoms with Gasteiger partial charge in [0.2, 0.25) is 5.91 Å². The summed E-state index contributed by atoms with van der Waals surface area (Å²) >= 11 is 0. The van der Waals surface area contributed by atoms with Crippen LogP contribution in [0.3, 0.4) is 0 Å². The number of rotatable bonds is 6. The monoisotopic (exact) mass is 227 g/mol. The zero-order chi connectivity index (χ0) is 12.0. The summed E-state index contributed by atoms with van der Waals surface area (Å²) in [6.45, 7) is 6.50. The maximum Gasteiger partial charge on any atom is 0.246 e. The molecule has 0 atom stereocenters. The van der Waals surface area contributed by atoms with Crippen LogP contribution in [0.4, 0.5) is 0 Å². The van der Waals surface area contributed by atoms with Gasteiger partial charge in [-0.25, -0.2) is 0 Å². The van der Waals surface area contributed by atoms with Crippen LogP contribution in [0.1, 0.15) is 59.3 Å². The fourth-order valence-corrected chi connectivity index (χ4v) is 2.05. The molecule has 16 heavy (non-hydrogen) atoms. The number of amides is 1. The van der Waals surface area contributed by atoms with Crippen molar-refractivity contribution in [3.63, 3.8) is 0 Å². The molecule has 1 rings (SSSR count). The van der Waals surface area contributed by atoms with Gasteiger partial charge in [-0.3, -0.25) is 4.79 Å². The van der Waals surface area contributed by atoms with Gasteiger partial charge in [0.1, 0.15) is 6.61 Å². The molecule has 0 aromatic heterocycles. The zero-order valence-corrected chi connectivity index (χ0v) is 10.8. The summed E-state index contributed by atoms with van der Waals surface area (Å²) < 4.78 is 5.59. The molecule has 1 fully saturated rings. The number of hydrogen-bond donors (Lipinski definition) is 1. The molecule has 0 spiro atoms. The zero-order valence-electron chi connectivity index (χ0n) is 10.8. The Morgan fingerprint density at radius 2 is 1.88 bits per heavy atom. The second-order valence-corrected chi connectivity index (χ2v) is 5.03. The summed E-state index contributed by atoms with van der Waals surface area (Å²) in [6.07, 6.45) is 6.96. The molecule has 0 saturated heterocycles. The molecule has 0 aromatic rings. The molecular formula is C13H25NO2. The van der Waals surface area contributed by atoms with E-state index in [0.717, 1.165) is 25.7 Å². The first kappa shape index (κ1) is 13.5. The van der Waals surface area contributed by atoms with E-state index < -0.39 is 0 Å². The molecule has 3 heteroatoms. The summed E-state index contributed by atoms with van der Waals surface area (Å²) in [7, 11) is 0. The third kappa shape index (κ3) is 4.12. The van der Waals surface area contributed by atoms with Crippen molar-refractivity contribution in [3.05, 3.63) is 0 Å². The second kappa shape index (κ2) is 6.24. The van der Waals surface area contributed by atoms with Crippen LogP contribution in [0, 0.1) is 0 Å². The predicted octanol–water partition coefficient (Wildman–Crippen LogP) is 2.64. The van der Waals surface area contributed by atoms with Crippen molar-refractivity contribution in [2.24, 2.45) is 0 Å². The van der Waals surface area contributed by atoms with Crippen LogP contribution in [0.2, 0.25) is 0 Å². The minimum atomic E-state index is -0.0733. The fraction of sp³-hybridized carbons (Fsp3) is 0.923. The van der Waals surface area contributed by atoms with E-state index in [1.165, 1.54) is 12.8 Å². The molecule has 0 radical (unpaired) electrons. The van der Waals surface area contributed by atoms with Crippen LogP contribution in [0.25, 0.3) is 0 Å². The summed E-state index contributed by atoms with van der Waals surface area (Å²) in [5.41, 5.74) is -0.0733. The normalized spacial score (nSPS) is 17.7. The smallest absolute Gasteiger partial charge is 0.246 e. The molecule has 1 amide bonds. The van der Waals surface area contributed by atoms with Gasteiger partial charge in [0.25, 0.3) is 0 Å². The summed E-state index contributed by atoms with van der Waals surface area (Å²) in [5.74, 6) is 0.0260. The van der Waals surface area contributed by atoms with Gasteiger partial charge in [0.15, 0.2) is 0 Å². The Kier molecular flexibility index (Phi) is 5.26. The third-order valence-corrected chi connectivity index (χ3v) is 3.75. The van der Waals surface area contributed by atoms with Gasteiger partial charge in [-0.05, 0) is 32.6 Å². The van der Waals surface area contributed by atoms with Gasteiger partial charge in [0.05, 0.1) is 6.10 Å². The van der Waals surface area contributed by atoms with E-state index in [1.807, 2.05) is 0 Å². The van der Waals surface area contributed by atoms with Crippen molar-refractivity contribution >= 4 is 5.91 Å². The number of ether oxygens (including phenoxy) is 1. The lowest BCUT2D eigenvalue weighted by molar-refractivity contribution is -0.129. The van der Waals surface area contributed by atoms with Gasteiger partial charge in [-0.1, -0.05) is 26.7 Å². The largest absolute Gasteiger partial charge is 0.368 e. The van der Waals surface area contributed by atoms with Crippen molar-refractivity contribution in [3.8, 4) is 0 Å². The summed E-state index contributed by atoms with van der Waals surface area (Å²) in [6, 6.07) is 0. The van der Waals surface area contributed by atoms with Crippen molar-refractivity contribution in [1.82, 2.24) is 5.32 Å². The SMILES string of the molecule is CCC(C)(CC)NC(=O)COC1CCCC1. The van der Waals surface area contributed by atoms with Gasteiger partial charge in [-0.2, -0.15) is 0 Å². The second-order valence-electron chi connectivity index (χ2n) is 5.03. The van der Waals surface area contributed by atoms with Gasteiger partial charge in [0, 0.05) is 5.54 Å². The highest BCUT2D eigenvalue weighted by molar-refractivity contribution is 5.78. The fourth-order valence-electron chi connectivity index (χ4n) is 2.05. The van der Waals surface area contributed by atoms with Gasteiger partial charge in [-0.15, -0.1) is 0 Å². The van der Waals surface area contributed by atoms with Crippen LogP contribution in [0.5, 0.6) is 0 Å². The Morgan fingerprint density at radius 1 is 1.31 bits per heavy atom. The van der Waals surface area contributed by atoms with Crippen molar-refractivity contribution in [2.45, 2.75) is 70.9 Å². The summed E-state index contributed by atoms with van der Waals surface area (Å²) in [4.78, 5) is 11.7. The molecule has 3 nitrogen and oxygen atoms in total. The van der Waals surface area contributed by atoms with Crippen molar-refractivity contribution in [1.29, 1.82) is 0 Å². The molecule has 1 aliphatic carbocycles. The summed E-state index contributed by atoms with van der Waals surface area (Å²) in [5, 5.41) is 3.05. The lowest BCUT2D eigenvalue weighted by atomic mass is 9.96. The molecule has 1 aliphatic rings. The van der Waals surface area contributed by atoms with Gasteiger partial charge >= 0.3 is 0 Å². The molecule has 0 aliphatic heterocycles. The highest BCUT2D eigenvalue weighted by Crippen LogP contribution is 2.20. The minimum absolute atomic E-state index is 0.0260. The van der Waals surface area contributed by atoms with E-state index in [2.05, 4.69) is 26.1 Å². The topological polar surface area (TPSA) is 38.3 Å². The highest BCUT2D eigenvalue weighted by Gasteiger charge is 2.23. The molecule has 1 saturated carbocycles. The van der Waals surface area contributed by atoms with Crippen molar-refractivity contribution in [2.75, 3.05) is 6.61 Å². The maximum absolute atomic E-state index is 11.7. The predicted molar refractivity (Wildman–Crippen MR) is 65.3 cm³/mol. The molecule has 0 heterocycles.